The average molecular weight is 301 g/mol. The zero-order chi connectivity index (χ0) is 15.9. The molecule has 0 atom stereocenters. The number of benzene rings is 2. The minimum atomic E-state index is -2.50. The van der Waals surface area contributed by atoms with E-state index in [9.17, 15) is 13.2 Å². The van der Waals surface area contributed by atoms with E-state index in [4.69, 9.17) is 5.26 Å². The van der Waals surface area contributed by atoms with Gasteiger partial charge in [0.15, 0.2) is 0 Å². The predicted octanol–water partition coefficient (Wildman–Crippen LogP) is 5.14. The minimum Gasteiger partial charge on any atom is -0.428 e. The van der Waals surface area contributed by atoms with Crippen LogP contribution in [0.4, 0.5) is 13.2 Å². The van der Waals surface area contributed by atoms with Gasteiger partial charge in [-0.1, -0.05) is 36.4 Å². The topological polar surface area (TPSA) is 33.0 Å². The third-order valence-corrected chi connectivity index (χ3v) is 2.74. The molecule has 0 radical (unpaired) electrons. The summed E-state index contributed by atoms with van der Waals surface area (Å²) < 4.78 is 40.7. The second-order valence-electron chi connectivity index (χ2n) is 4.27. The van der Waals surface area contributed by atoms with Crippen molar-refractivity contribution < 1.29 is 17.9 Å². The highest BCUT2D eigenvalue weighted by Crippen LogP contribution is 2.19. The molecule has 0 heterocycles. The second-order valence-corrected chi connectivity index (χ2v) is 4.27. The normalized spacial score (nSPS) is 10.3. The monoisotopic (exact) mass is 301 g/mol. The Morgan fingerprint density at radius 1 is 0.864 bits per heavy atom. The third-order valence-electron chi connectivity index (χ3n) is 2.74. The van der Waals surface area contributed by atoms with Crippen LogP contribution < -0.4 is 4.74 Å². The van der Waals surface area contributed by atoms with Crippen LogP contribution in [0.1, 0.15) is 16.7 Å². The quantitative estimate of drug-likeness (QED) is 0.578. The lowest BCUT2D eigenvalue weighted by atomic mass is 10.1. The van der Waals surface area contributed by atoms with Crippen LogP contribution in [0.25, 0.3) is 12.2 Å². The van der Waals surface area contributed by atoms with E-state index < -0.39 is 12.1 Å². The van der Waals surface area contributed by atoms with Crippen molar-refractivity contribution in [2.24, 2.45) is 0 Å². The van der Waals surface area contributed by atoms with Crippen LogP contribution in [0.2, 0.25) is 0 Å². The van der Waals surface area contributed by atoms with Crippen LogP contribution in [-0.4, -0.2) is 0 Å². The summed E-state index contributed by atoms with van der Waals surface area (Å²) >= 11 is 0. The highest BCUT2D eigenvalue weighted by molar-refractivity contribution is 5.70. The number of rotatable bonds is 4. The molecule has 0 spiro atoms. The van der Waals surface area contributed by atoms with E-state index >= 15 is 0 Å². The molecule has 2 aromatic rings. The Bertz CT molecular complexity index is 737. The van der Waals surface area contributed by atoms with E-state index in [-0.39, 0.29) is 5.75 Å². The lowest BCUT2D eigenvalue weighted by Gasteiger charge is -2.02. The van der Waals surface area contributed by atoms with Crippen LogP contribution >= 0.6 is 0 Å². The Balaban J connectivity index is 2.06. The van der Waals surface area contributed by atoms with Crippen molar-refractivity contribution in [1.29, 1.82) is 5.26 Å². The largest absolute Gasteiger partial charge is 0.428 e. The fourth-order valence-corrected chi connectivity index (χ4v) is 1.65. The Morgan fingerprint density at radius 2 is 1.36 bits per heavy atom. The zero-order valence-electron chi connectivity index (χ0n) is 11.3. The maximum atomic E-state index is 12.6. The molecule has 0 aromatic heterocycles. The molecule has 0 fully saturated rings. The van der Waals surface area contributed by atoms with Crippen molar-refractivity contribution in [1.82, 2.24) is 0 Å². The van der Waals surface area contributed by atoms with E-state index in [0.717, 1.165) is 11.1 Å². The van der Waals surface area contributed by atoms with Gasteiger partial charge >= 0.3 is 12.1 Å². The van der Waals surface area contributed by atoms with Gasteiger partial charge in [-0.3, -0.25) is 0 Å². The smallest absolute Gasteiger partial charge is 0.344 e. The molecular weight excluding hydrogens is 291 g/mol. The summed E-state index contributed by atoms with van der Waals surface area (Å²) in [6.07, 6.45) is 1.14. The van der Waals surface area contributed by atoms with Gasteiger partial charge in [0.1, 0.15) is 5.75 Å². The summed E-state index contributed by atoms with van der Waals surface area (Å²) in [7, 11) is 0. The molecule has 0 bridgehead atoms. The van der Waals surface area contributed by atoms with Crippen LogP contribution in [0.5, 0.6) is 5.75 Å². The molecule has 110 valence electrons. The van der Waals surface area contributed by atoms with E-state index in [2.05, 4.69) is 4.74 Å². The van der Waals surface area contributed by atoms with Crippen LogP contribution in [0, 0.1) is 11.3 Å². The van der Waals surface area contributed by atoms with Crippen molar-refractivity contribution >= 4 is 12.2 Å². The van der Waals surface area contributed by atoms with Crippen molar-refractivity contribution in [3.05, 3.63) is 77.3 Å². The predicted molar refractivity (Wildman–Crippen MR) is 77.5 cm³/mol. The highest BCUT2D eigenvalue weighted by atomic mass is 19.3. The molecule has 0 amide bonds. The van der Waals surface area contributed by atoms with Crippen molar-refractivity contribution in [2.45, 2.75) is 0 Å². The van der Waals surface area contributed by atoms with E-state index in [1.165, 1.54) is 12.1 Å². The molecule has 22 heavy (non-hydrogen) atoms. The Morgan fingerprint density at radius 3 is 1.82 bits per heavy atom. The van der Waals surface area contributed by atoms with Crippen LogP contribution in [-0.2, 0) is 0 Å². The second kappa shape index (κ2) is 7.14. The van der Waals surface area contributed by atoms with Gasteiger partial charge in [0.05, 0.1) is 11.6 Å². The summed E-state index contributed by atoms with van der Waals surface area (Å²) in [5.74, 6) is -0.0131. The van der Waals surface area contributed by atoms with Gasteiger partial charge in [-0.25, -0.2) is 0 Å². The number of hydrogen-bond donors (Lipinski definition) is 0. The third kappa shape index (κ3) is 4.25. The summed E-state index contributed by atoms with van der Waals surface area (Å²) in [5, 5.41) is 8.70. The molecule has 0 aliphatic rings. The van der Waals surface area contributed by atoms with Crippen molar-refractivity contribution in [3.8, 4) is 11.8 Å². The Labute approximate surface area is 125 Å². The molecule has 2 rings (SSSR count). The van der Waals surface area contributed by atoms with Gasteiger partial charge < -0.3 is 4.74 Å². The number of nitrogens with zero attached hydrogens (tertiary/aromatic N) is 1. The fourth-order valence-electron chi connectivity index (χ4n) is 1.65. The lowest BCUT2D eigenvalue weighted by Crippen LogP contribution is -1.90. The van der Waals surface area contributed by atoms with E-state index in [0.29, 0.717) is 5.56 Å². The van der Waals surface area contributed by atoms with Gasteiger partial charge in [-0.15, -0.1) is 0 Å². The van der Waals surface area contributed by atoms with E-state index in [1.807, 2.05) is 12.1 Å². The van der Waals surface area contributed by atoms with Crippen LogP contribution in [0.3, 0.4) is 0 Å². The molecule has 0 saturated heterocycles. The maximum Gasteiger partial charge on any atom is 0.344 e. The maximum absolute atomic E-state index is 12.6. The van der Waals surface area contributed by atoms with Gasteiger partial charge in [0, 0.05) is 0 Å². The molecular formula is C17H10F3NO. The van der Waals surface area contributed by atoms with Crippen LogP contribution in [0.15, 0.2) is 60.6 Å². The molecule has 2 aromatic carbocycles. The Hall–Kier alpha value is -3.00. The number of nitriles is 1. The minimum absolute atomic E-state index is 0.0131. The zero-order valence-corrected chi connectivity index (χ0v) is 11.3. The lowest BCUT2D eigenvalue weighted by molar-refractivity contribution is 0.241. The molecule has 5 heteroatoms. The molecule has 0 unspecified atom stereocenters. The van der Waals surface area contributed by atoms with Gasteiger partial charge in [-0.05, 0) is 35.4 Å². The number of halogens is 3. The fraction of sp³-hybridized carbons (Fsp3) is 0. The number of ether oxygens (including phenoxy) is 1. The molecule has 2 nitrogen and oxygen atoms in total. The molecule has 0 aliphatic heterocycles. The molecule has 0 N–H and O–H groups in total. The molecule has 0 aliphatic carbocycles. The standard InChI is InChI=1S/C17H10F3NO/c18-16(19)17(20)22-15-9-7-13(8-10-15)2-1-12-3-5-14(11-21)6-4-12/h1-10H. The van der Waals surface area contributed by atoms with Gasteiger partial charge in [0.2, 0.25) is 0 Å². The summed E-state index contributed by atoms with van der Waals surface area (Å²) in [4.78, 5) is 0. The first-order chi connectivity index (χ1) is 10.6. The summed E-state index contributed by atoms with van der Waals surface area (Å²) in [6, 6.07) is 13.1. The van der Waals surface area contributed by atoms with Crippen molar-refractivity contribution in [3.63, 3.8) is 0 Å². The first-order valence-corrected chi connectivity index (χ1v) is 6.25. The molecule has 0 saturated carbocycles. The van der Waals surface area contributed by atoms with Gasteiger partial charge in [0.25, 0.3) is 0 Å². The van der Waals surface area contributed by atoms with Crippen molar-refractivity contribution in [2.75, 3.05) is 0 Å². The summed E-state index contributed by atoms with van der Waals surface area (Å²) in [6.45, 7) is 0. The first-order valence-electron chi connectivity index (χ1n) is 6.25. The SMILES string of the molecule is N#Cc1ccc(C=Cc2ccc(OC(F)=C(F)F)cc2)cc1. The number of hydrogen-bond acceptors (Lipinski definition) is 2. The average Bonchev–Trinajstić information content (AvgIpc) is 2.54. The van der Waals surface area contributed by atoms with Gasteiger partial charge in [-0.2, -0.15) is 18.4 Å². The summed E-state index contributed by atoms with van der Waals surface area (Å²) in [5.41, 5.74) is 2.28. The Kier molecular flexibility index (Phi) is 4.99. The highest BCUT2D eigenvalue weighted by Gasteiger charge is 2.07. The first kappa shape index (κ1) is 15.4. The van der Waals surface area contributed by atoms with E-state index in [1.54, 1.807) is 42.5 Å².